The summed E-state index contributed by atoms with van der Waals surface area (Å²) in [6.07, 6.45) is 2.23. The first-order valence-corrected chi connectivity index (χ1v) is 7.19. The van der Waals surface area contributed by atoms with Gasteiger partial charge in [0.2, 0.25) is 0 Å². The first kappa shape index (κ1) is 14.3. The highest BCUT2D eigenvalue weighted by molar-refractivity contribution is 9.10. The minimum Gasteiger partial charge on any atom is -0.478 e. The Kier molecular flexibility index (Phi) is 4.82. The van der Waals surface area contributed by atoms with Crippen LogP contribution in [0.15, 0.2) is 22.7 Å². The molecule has 1 saturated heterocycles. The number of halogens is 1. The summed E-state index contributed by atoms with van der Waals surface area (Å²) in [5.74, 6) is -0.436. The van der Waals surface area contributed by atoms with E-state index in [1.807, 2.05) is 24.1 Å². The van der Waals surface area contributed by atoms with Crippen molar-refractivity contribution < 1.29 is 14.6 Å². The average Bonchev–Trinajstić information content (AvgIpc) is 2.39. The Morgan fingerprint density at radius 1 is 1.58 bits per heavy atom. The zero-order valence-electron chi connectivity index (χ0n) is 10.9. The molecule has 0 radical (unpaired) electrons. The monoisotopic (exact) mass is 327 g/mol. The molecule has 1 aromatic carbocycles. The number of nitrogens with zero attached hydrogens (tertiary/aromatic N) is 1. The third-order valence-electron chi connectivity index (χ3n) is 3.40. The van der Waals surface area contributed by atoms with E-state index in [2.05, 4.69) is 15.9 Å². The maximum absolute atomic E-state index is 11.4. The third kappa shape index (κ3) is 3.48. The minimum absolute atomic E-state index is 0.321. The fraction of sp³-hybridized carbons (Fsp3) is 0.500. The lowest BCUT2D eigenvalue weighted by atomic mass is 10.0. The number of carboxylic acids is 1. The van der Waals surface area contributed by atoms with Crippen molar-refractivity contribution in [1.29, 1.82) is 0 Å². The summed E-state index contributed by atoms with van der Waals surface area (Å²) < 4.78 is 6.08. The Balaban J connectivity index is 2.16. The maximum atomic E-state index is 11.4. The summed E-state index contributed by atoms with van der Waals surface area (Å²) in [5.41, 5.74) is 1.06. The SMILES string of the molecule is CN(CC1CCCOC1)c1cccc(Br)c1C(=O)O. The van der Waals surface area contributed by atoms with Crippen LogP contribution < -0.4 is 4.90 Å². The lowest BCUT2D eigenvalue weighted by molar-refractivity contribution is 0.0576. The highest BCUT2D eigenvalue weighted by atomic mass is 79.9. The van der Waals surface area contributed by atoms with E-state index in [0.717, 1.165) is 38.3 Å². The van der Waals surface area contributed by atoms with Crippen molar-refractivity contribution in [2.75, 3.05) is 31.7 Å². The van der Waals surface area contributed by atoms with Crippen LogP contribution in [0.4, 0.5) is 5.69 Å². The quantitative estimate of drug-likeness (QED) is 0.923. The van der Waals surface area contributed by atoms with Crippen LogP contribution in [0.2, 0.25) is 0 Å². The zero-order chi connectivity index (χ0) is 13.8. The van der Waals surface area contributed by atoms with Gasteiger partial charge in [0.05, 0.1) is 17.9 Å². The first-order valence-electron chi connectivity index (χ1n) is 6.40. The van der Waals surface area contributed by atoms with Crippen molar-refractivity contribution in [2.24, 2.45) is 5.92 Å². The molecule has 0 amide bonds. The fourth-order valence-corrected chi connectivity index (χ4v) is 3.00. The smallest absolute Gasteiger partial charge is 0.338 e. The fourth-order valence-electron chi connectivity index (χ4n) is 2.48. The Hall–Kier alpha value is -1.07. The predicted octanol–water partition coefficient (Wildman–Crippen LogP) is 3.01. The Labute approximate surface area is 121 Å². The molecule has 0 aliphatic carbocycles. The molecule has 0 aromatic heterocycles. The van der Waals surface area contributed by atoms with Gasteiger partial charge in [0.15, 0.2) is 0 Å². The second-order valence-corrected chi connectivity index (χ2v) is 5.76. The molecule has 1 N–H and O–H groups in total. The molecule has 1 aliphatic rings. The van der Waals surface area contributed by atoms with Crippen LogP contribution in [0.5, 0.6) is 0 Å². The lowest BCUT2D eigenvalue weighted by Gasteiger charge is -2.29. The van der Waals surface area contributed by atoms with E-state index in [4.69, 9.17) is 4.74 Å². The largest absolute Gasteiger partial charge is 0.478 e. The number of benzene rings is 1. The summed E-state index contributed by atoms with van der Waals surface area (Å²) >= 11 is 3.31. The molecule has 1 fully saturated rings. The number of aromatic carboxylic acids is 1. The summed E-state index contributed by atoms with van der Waals surface area (Å²) in [5, 5.41) is 9.32. The van der Waals surface area contributed by atoms with Crippen molar-refractivity contribution in [3.8, 4) is 0 Å². The van der Waals surface area contributed by atoms with Gasteiger partial charge >= 0.3 is 5.97 Å². The van der Waals surface area contributed by atoms with E-state index in [0.29, 0.717) is 16.0 Å². The number of carboxylic acid groups (broad SMARTS) is 1. The van der Waals surface area contributed by atoms with Crippen molar-refractivity contribution >= 4 is 27.6 Å². The van der Waals surface area contributed by atoms with Gasteiger partial charge in [-0.25, -0.2) is 4.79 Å². The Morgan fingerprint density at radius 2 is 2.37 bits per heavy atom. The first-order chi connectivity index (χ1) is 9.09. The normalized spacial score (nSPS) is 19.2. The van der Waals surface area contributed by atoms with Crippen molar-refractivity contribution in [3.63, 3.8) is 0 Å². The predicted molar refractivity (Wildman–Crippen MR) is 77.9 cm³/mol. The van der Waals surface area contributed by atoms with Crippen molar-refractivity contribution in [3.05, 3.63) is 28.2 Å². The van der Waals surface area contributed by atoms with Crippen LogP contribution in [0.25, 0.3) is 0 Å². The summed E-state index contributed by atoms with van der Waals surface area (Å²) in [6.45, 7) is 2.43. The van der Waals surface area contributed by atoms with Crippen LogP contribution >= 0.6 is 15.9 Å². The summed E-state index contributed by atoms with van der Waals surface area (Å²) in [4.78, 5) is 13.4. The number of carbonyl (C=O) groups is 1. The molecule has 1 aromatic rings. The molecular formula is C14H18BrNO3. The number of hydrogen-bond donors (Lipinski definition) is 1. The van der Waals surface area contributed by atoms with E-state index in [1.54, 1.807) is 6.07 Å². The Morgan fingerprint density at radius 3 is 3.00 bits per heavy atom. The van der Waals surface area contributed by atoms with Gasteiger partial charge in [-0.3, -0.25) is 0 Å². The molecule has 1 unspecified atom stereocenters. The maximum Gasteiger partial charge on any atom is 0.338 e. The van der Waals surface area contributed by atoms with Gasteiger partial charge in [0, 0.05) is 24.7 Å². The zero-order valence-corrected chi connectivity index (χ0v) is 12.5. The van der Waals surface area contributed by atoms with E-state index < -0.39 is 5.97 Å². The molecule has 5 heteroatoms. The minimum atomic E-state index is -0.908. The van der Waals surface area contributed by atoms with Crippen LogP contribution in [0.3, 0.4) is 0 Å². The topological polar surface area (TPSA) is 49.8 Å². The van der Waals surface area contributed by atoms with Crippen molar-refractivity contribution in [1.82, 2.24) is 0 Å². The standard InChI is InChI=1S/C14H18BrNO3/c1-16(8-10-4-3-7-19-9-10)12-6-2-5-11(15)13(12)14(17)18/h2,5-6,10H,3-4,7-9H2,1H3,(H,17,18). The summed E-state index contributed by atoms with van der Waals surface area (Å²) in [7, 11) is 1.93. The number of rotatable bonds is 4. The summed E-state index contributed by atoms with van der Waals surface area (Å²) in [6, 6.07) is 5.46. The molecule has 0 bridgehead atoms. The van der Waals surface area contributed by atoms with Gasteiger partial charge < -0.3 is 14.7 Å². The second kappa shape index (κ2) is 6.39. The number of hydrogen-bond acceptors (Lipinski definition) is 3. The van der Waals surface area contributed by atoms with Crippen LogP contribution in [-0.2, 0) is 4.74 Å². The number of ether oxygens (including phenoxy) is 1. The van der Waals surface area contributed by atoms with Gasteiger partial charge in [-0.05, 0) is 46.8 Å². The highest BCUT2D eigenvalue weighted by Crippen LogP contribution is 2.28. The van der Waals surface area contributed by atoms with Gasteiger partial charge in [-0.1, -0.05) is 6.07 Å². The van der Waals surface area contributed by atoms with E-state index in [1.165, 1.54) is 0 Å². The van der Waals surface area contributed by atoms with Crippen molar-refractivity contribution in [2.45, 2.75) is 12.8 Å². The van der Waals surface area contributed by atoms with Gasteiger partial charge in [0.25, 0.3) is 0 Å². The lowest BCUT2D eigenvalue weighted by Crippen LogP contribution is -2.31. The molecular weight excluding hydrogens is 310 g/mol. The average molecular weight is 328 g/mol. The molecule has 1 heterocycles. The van der Waals surface area contributed by atoms with Crippen LogP contribution in [0, 0.1) is 5.92 Å². The second-order valence-electron chi connectivity index (χ2n) is 4.90. The third-order valence-corrected chi connectivity index (χ3v) is 4.06. The van der Waals surface area contributed by atoms with E-state index >= 15 is 0 Å². The highest BCUT2D eigenvalue weighted by Gasteiger charge is 2.20. The molecule has 104 valence electrons. The molecule has 0 spiro atoms. The Bertz CT molecular complexity index is 458. The van der Waals surface area contributed by atoms with Crippen LogP contribution in [0.1, 0.15) is 23.2 Å². The van der Waals surface area contributed by atoms with Gasteiger partial charge in [0.1, 0.15) is 0 Å². The number of anilines is 1. The molecule has 19 heavy (non-hydrogen) atoms. The molecule has 4 nitrogen and oxygen atoms in total. The molecule has 0 saturated carbocycles. The van der Waals surface area contributed by atoms with Crippen LogP contribution in [-0.4, -0.2) is 37.9 Å². The van der Waals surface area contributed by atoms with Gasteiger partial charge in [-0.15, -0.1) is 0 Å². The molecule has 1 atom stereocenters. The van der Waals surface area contributed by atoms with E-state index in [9.17, 15) is 9.90 Å². The van der Waals surface area contributed by atoms with E-state index in [-0.39, 0.29) is 0 Å². The van der Waals surface area contributed by atoms with Gasteiger partial charge in [-0.2, -0.15) is 0 Å². The molecule has 1 aliphatic heterocycles. The molecule has 2 rings (SSSR count).